The number of fused-ring (bicyclic) bond motifs is 2. The van der Waals surface area contributed by atoms with Crippen LogP contribution in [-0.2, 0) is 12.1 Å². The van der Waals surface area contributed by atoms with E-state index in [1.165, 1.54) is 12.0 Å². The number of hydrogen-bond donors (Lipinski definition) is 1. The number of aliphatic hydroxyl groups is 1. The van der Waals surface area contributed by atoms with E-state index in [0.29, 0.717) is 6.01 Å². The van der Waals surface area contributed by atoms with Gasteiger partial charge in [-0.1, -0.05) is 24.6 Å². The normalized spacial score (nSPS) is 26.3. The quantitative estimate of drug-likeness (QED) is 0.700. The summed E-state index contributed by atoms with van der Waals surface area (Å²) in [6.07, 6.45) is 10.2. The van der Waals surface area contributed by atoms with Gasteiger partial charge in [0.1, 0.15) is 5.75 Å². The van der Waals surface area contributed by atoms with E-state index in [2.05, 4.69) is 25.9 Å². The number of ether oxygens (including phenoxy) is 1. The highest BCUT2D eigenvalue weighted by Crippen LogP contribution is 2.49. The molecule has 3 aromatic rings. The molecule has 0 amide bonds. The van der Waals surface area contributed by atoms with Crippen molar-refractivity contribution < 1.29 is 9.84 Å². The summed E-state index contributed by atoms with van der Waals surface area (Å²) in [6, 6.07) is 14.2. The van der Waals surface area contributed by atoms with Gasteiger partial charge in [0.05, 0.1) is 5.60 Å². The first-order valence-electron chi connectivity index (χ1n) is 10.6. The van der Waals surface area contributed by atoms with Gasteiger partial charge in [-0.3, -0.25) is 9.88 Å². The van der Waals surface area contributed by atoms with Gasteiger partial charge in [-0.05, 0) is 42.7 Å². The Hall–Kier alpha value is -2.83. The predicted octanol–water partition coefficient (Wildman–Crippen LogP) is 3.78. The summed E-state index contributed by atoms with van der Waals surface area (Å²) in [5.41, 5.74) is 1.39. The van der Waals surface area contributed by atoms with Crippen LogP contribution in [0.25, 0.3) is 0 Å². The SMILES string of the molecule is OC1(c2cccnc2)[C@@H]2CCC[C@@H]1CN(Cc1cccc(Oc3ncccn3)c1)C2. The average molecular weight is 402 g/mol. The molecule has 0 radical (unpaired) electrons. The van der Waals surface area contributed by atoms with Crippen LogP contribution in [0.15, 0.2) is 67.3 Å². The van der Waals surface area contributed by atoms with E-state index < -0.39 is 5.60 Å². The van der Waals surface area contributed by atoms with Gasteiger partial charge in [0, 0.05) is 61.8 Å². The molecule has 2 aliphatic rings. The number of piperidine rings is 1. The van der Waals surface area contributed by atoms with Gasteiger partial charge in [0.15, 0.2) is 0 Å². The Balaban J connectivity index is 1.31. The van der Waals surface area contributed by atoms with E-state index in [4.69, 9.17) is 4.74 Å². The van der Waals surface area contributed by atoms with E-state index in [1.54, 1.807) is 24.7 Å². The molecule has 1 saturated carbocycles. The lowest BCUT2D eigenvalue weighted by molar-refractivity contribution is -0.148. The third kappa shape index (κ3) is 3.68. The Morgan fingerprint density at radius 2 is 1.80 bits per heavy atom. The number of aromatic nitrogens is 3. The van der Waals surface area contributed by atoms with Crippen molar-refractivity contribution >= 4 is 0 Å². The second kappa shape index (κ2) is 8.13. The Bertz CT molecular complexity index is 969. The van der Waals surface area contributed by atoms with Crippen molar-refractivity contribution in [2.75, 3.05) is 13.1 Å². The molecule has 1 aliphatic carbocycles. The molecule has 3 heterocycles. The Morgan fingerprint density at radius 3 is 2.53 bits per heavy atom. The maximum absolute atomic E-state index is 11.7. The van der Waals surface area contributed by atoms with Crippen molar-refractivity contribution in [2.45, 2.75) is 31.4 Å². The molecule has 154 valence electrons. The molecule has 2 bridgehead atoms. The first-order chi connectivity index (χ1) is 14.7. The number of benzene rings is 1. The lowest BCUT2D eigenvalue weighted by atomic mass is 9.63. The maximum Gasteiger partial charge on any atom is 0.321 e. The second-order valence-corrected chi connectivity index (χ2v) is 8.37. The summed E-state index contributed by atoms with van der Waals surface area (Å²) >= 11 is 0. The maximum atomic E-state index is 11.7. The standard InChI is InChI=1S/C24H26N4O2/c29-24(19-8-3-10-25-14-19)20-6-2-7-21(24)17-28(16-20)15-18-5-1-9-22(13-18)30-23-26-11-4-12-27-23/h1,3-5,8-14,20-21,29H,2,6-7,15-17H2/t20-,21-/m1/s1. The number of likely N-dealkylation sites (tertiary alicyclic amines) is 1. The lowest BCUT2D eigenvalue weighted by Crippen LogP contribution is -2.57. The van der Waals surface area contributed by atoms with Crippen LogP contribution in [0.5, 0.6) is 11.8 Å². The van der Waals surface area contributed by atoms with Gasteiger partial charge < -0.3 is 9.84 Å². The molecule has 1 aliphatic heterocycles. The van der Waals surface area contributed by atoms with Crippen molar-refractivity contribution in [3.05, 3.63) is 78.4 Å². The van der Waals surface area contributed by atoms with E-state index in [-0.39, 0.29) is 11.8 Å². The first-order valence-corrected chi connectivity index (χ1v) is 10.6. The van der Waals surface area contributed by atoms with Crippen LogP contribution in [0, 0.1) is 11.8 Å². The highest BCUT2D eigenvalue weighted by molar-refractivity contribution is 5.31. The van der Waals surface area contributed by atoms with E-state index in [1.807, 2.05) is 36.5 Å². The topological polar surface area (TPSA) is 71.4 Å². The Morgan fingerprint density at radius 1 is 1.00 bits per heavy atom. The molecule has 5 rings (SSSR count). The molecule has 2 fully saturated rings. The second-order valence-electron chi connectivity index (χ2n) is 8.37. The van der Waals surface area contributed by atoms with Crippen LogP contribution in [0.3, 0.4) is 0 Å². The summed E-state index contributed by atoms with van der Waals surface area (Å²) < 4.78 is 5.79. The zero-order valence-electron chi connectivity index (χ0n) is 16.9. The molecule has 1 aromatic carbocycles. The Kier molecular flexibility index (Phi) is 5.19. The summed E-state index contributed by atoms with van der Waals surface area (Å²) in [5.74, 6) is 1.19. The van der Waals surface area contributed by atoms with Crippen LogP contribution in [-0.4, -0.2) is 38.0 Å². The third-order valence-electron chi connectivity index (χ3n) is 6.49. The fourth-order valence-electron chi connectivity index (χ4n) is 5.15. The van der Waals surface area contributed by atoms with Crippen LogP contribution >= 0.6 is 0 Å². The summed E-state index contributed by atoms with van der Waals surface area (Å²) in [4.78, 5) is 15.0. The highest BCUT2D eigenvalue weighted by atomic mass is 16.5. The van der Waals surface area contributed by atoms with Gasteiger partial charge in [0.25, 0.3) is 0 Å². The highest BCUT2D eigenvalue weighted by Gasteiger charge is 2.51. The number of nitrogens with zero attached hydrogens (tertiary/aromatic N) is 4. The smallest absolute Gasteiger partial charge is 0.321 e. The zero-order valence-corrected chi connectivity index (χ0v) is 16.9. The lowest BCUT2D eigenvalue weighted by Gasteiger charge is -2.53. The molecule has 1 N–H and O–H groups in total. The Labute approximate surface area is 176 Å². The summed E-state index contributed by atoms with van der Waals surface area (Å²) in [7, 11) is 0. The molecule has 6 heteroatoms. The van der Waals surface area contributed by atoms with Crippen molar-refractivity contribution in [3.8, 4) is 11.8 Å². The van der Waals surface area contributed by atoms with Crippen molar-refractivity contribution in [1.29, 1.82) is 0 Å². The number of rotatable bonds is 5. The molecule has 2 atom stereocenters. The third-order valence-corrected chi connectivity index (χ3v) is 6.49. The van der Waals surface area contributed by atoms with Crippen molar-refractivity contribution in [2.24, 2.45) is 11.8 Å². The van der Waals surface area contributed by atoms with Gasteiger partial charge in [0.2, 0.25) is 0 Å². The molecule has 30 heavy (non-hydrogen) atoms. The van der Waals surface area contributed by atoms with Crippen molar-refractivity contribution in [3.63, 3.8) is 0 Å². The minimum atomic E-state index is -0.765. The first kappa shape index (κ1) is 19.2. The van der Waals surface area contributed by atoms with Gasteiger partial charge in [-0.25, -0.2) is 9.97 Å². The van der Waals surface area contributed by atoms with Crippen LogP contribution in [0.1, 0.15) is 30.4 Å². The molecular formula is C24H26N4O2. The number of pyridine rings is 1. The molecular weight excluding hydrogens is 376 g/mol. The minimum absolute atomic E-state index is 0.228. The monoisotopic (exact) mass is 402 g/mol. The number of hydrogen-bond acceptors (Lipinski definition) is 6. The largest absolute Gasteiger partial charge is 0.424 e. The predicted molar refractivity (Wildman–Crippen MR) is 113 cm³/mol. The molecule has 1 saturated heterocycles. The fraction of sp³-hybridized carbons (Fsp3) is 0.375. The molecule has 6 nitrogen and oxygen atoms in total. The van der Waals surface area contributed by atoms with Gasteiger partial charge >= 0.3 is 6.01 Å². The molecule has 2 aromatic heterocycles. The van der Waals surface area contributed by atoms with Gasteiger partial charge in [-0.2, -0.15) is 0 Å². The molecule has 0 spiro atoms. The minimum Gasteiger partial charge on any atom is -0.424 e. The average Bonchev–Trinajstić information content (AvgIpc) is 2.76. The summed E-state index contributed by atoms with van der Waals surface area (Å²) in [6.45, 7) is 2.60. The van der Waals surface area contributed by atoms with E-state index in [0.717, 1.165) is 43.8 Å². The molecule has 0 unspecified atom stereocenters. The zero-order chi connectivity index (χ0) is 20.4. The van der Waals surface area contributed by atoms with Crippen LogP contribution in [0.2, 0.25) is 0 Å². The summed E-state index contributed by atoms with van der Waals surface area (Å²) in [5, 5.41) is 11.7. The van der Waals surface area contributed by atoms with E-state index >= 15 is 0 Å². The van der Waals surface area contributed by atoms with Crippen molar-refractivity contribution in [1.82, 2.24) is 19.9 Å². The van der Waals surface area contributed by atoms with E-state index in [9.17, 15) is 5.11 Å². The van der Waals surface area contributed by atoms with Crippen LogP contribution < -0.4 is 4.74 Å². The van der Waals surface area contributed by atoms with Gasteiger partial charge in [-0.15, -0.1) is 0 Å². The fourth-order valence-corrected chi connectivity index (χ4v) is 5.15. The van der Waals surface area contributed by atoms with Crippen LogP contribution in [0.4, 0.5) is 0 Å².